The highest BCUT2D eigenvalue weighted by atomic mass is 16.1. The van der Waals surface area contributed by atoms with Gasteiger partial charge in [0.25, 0.3) is 0 Å². The monoisotopic (exact) mass is 398 g/mol. The topological polar surface area (TPSA) is 77.9 Å². The minimum Gasteiger partial charge on any atom is -0.353 e. The van der Waals surface area contributed by atoms with E-state index in [0.29, 0.717) is 24.9 Å². The number of hydrogen-bond donors (Lipinski definition) is 1. The van der Waals surface area contributed by atoms with Crippen molar-refractivity contribution in [2.45, 2.75) is 83.6 Å². The predicted molar refractivity (Wildman–Crippen MR) is 122 cm³/mol. The molecular weight excluding hydrogens is 360 g/mol. The molecule has 160 valence electrons. The molecule has 0 aromatic heterocycles. The molecule has 1 fully saturated rings. The fourth-order valence-corrected chi connectivity index (χ4v) is 2.81. The van der Waals surface area contributed by atoms with Crippen molar-refractivity contribution in [3.63, 3.8) is 0 Å². The van der Waals surface area contributed by atoms with Crippen molar-refractivity contribution in [3.05, 3.63) is 59.1 Å². The molecule has 0 saturated heterocycles. The summed E-state index contributed by atoms with van der Waals surface area (Å²) >= 11 is 0. The lowest BCUT2D eigenvalue weighted by atomic mass is 10.1. The SMILES string of the molecule is C[C@H](/C=C\C/C=C\C/C=C\CCCC(=O)NC1CC1)/C=C\CCCCCN=[N+]=[N-]. The first-order chi connectivity index (χ1) is 14.2. The van der Waals surface area contributed by atoms with Gasteiger partial charge in [-0.25, -0.2) is 0 Å². The summed E-state index contributed by atoms with van der Waals surface area (Å²) in [5, 5.41) is 6.56. The van der Waals surface area contributed by atoms with E-state index >= 15 is 0 Å². The molecule has 0 unspecified atom stereocenters. The summed E-state index contributed by atoms with van der Waals surface area (Å²) < 4.78 is 0. The van der Waals surface area contributed by atoms with Crippen LogP contribution in [0.4, 0.5) is 0 Å². The summed E-state index contributed by atoms with van der Waals surface area (Å²) in [6.45, 7) is 2.81. The van der Waals surface area contributed by atoms with Crippen molar-refractivity contribution in [2.24, 2.45) is 11.0 Å². The lowest BCUT2D eigenvalue weighted by molar-refractivity contribution is -0.121. The maximum Gasteiger partial charge on any atom is 0.220 e. The van der Waals surface area contributed by atoms with Gasteiger partial charge in [-0.15, -0.1) is 0 Å². The fraction of sp³-hybridized carbons (Fsp3) is 0.625. The Morgan fingerprint density at radius 1 is 1.00 bits per heavy atom. The molecule has 1 aliphatic carbocycles. The Labute approximate surface area is 176 Å². The van der Waals surface area contributed by atoms with Gasteiger partial charge in [-0.1, -0.05) is 67.1 Å². The Morgan fingerprint density at radius 2 is 1.69 bits per heavy atom. The molecule has 1 saturated carbocycles. The number of carbonyl (C=O) groups is 1. The van der Waals surface area contributed by atoms with Crippen LogP contribution in [0.3, 0.4) is 0 Å². The molecule has 0 spiro atoms. The molecule has 1 atom stereocenters. The third-order valence-corrected chi connectivity index (χ3v) is 4.67. The van der Waals surface area contributed by atoms with Crippen molar-refractivity contribution in [1.29, 1.82) is 0 Å². The summed E-state index contributed by atoms with van der Waals surface area (Å²) in [5.74, 6) is 0.669. The molecule has 0 bridgehead atoms. The van der Waals surface area contributed by atoms with Crippen molar-refractivity contribution < 1.29 is 4.79 Å². The van der Waals surface area contributed by atoms with Crippen LogP contribution in [-0.2, 0) is 4.79 Å². The van der Waals surface area contributed by atoms with Crippen molar-refractivity contribution in [1.82, 2.24) is 5.32 Å². The molecule has 1 amide bonds. The van der Waals surface area contributed by atoms with E-state index in [1.165, 1.54) is 0 Å². The average Bonchev–Trinajstić information content (AvgIpc) is 3.52. The van der Waals surface area contributed by atoms with E-state index in [1.807, 2.05) is 0 Å². The van der Waals surface area contributed by atoms with Gasteiger partial charge in [-0.05, 0) is 69.2 Å². The second kappa shape index (κ2) is 17.8. The molecule has 0 aliphatic heterocycles. The highest BCUT2D eigenvalue weighted by molar-refractivity contribution is 5.76. The zero-order valence-corrected chi connectivity index (χ0v) is 18.0. The zero-order chi connectivity index (χ0) is 21.0. The van der Waals surface area contributed by atoms with Gasteiger partial charge in [0.1, 0.15) is 0 Å². The maximum atomic E-state index is 11.5. The van der Waals surface area contributed by atoms with Crippen molar-refractivity contribution in [2.75, 3.05) is 6.54 Å². The lowest BCUT2D eigenvalue weighted by Crippen LogP contribution is -2.24. The third-order valence-electron chi connectivity index (χ3n) is 4.67. The Bertz CT molecular complexity index is 596. The van der Waals surface area contributed by atoms with Crippen LogP contribution in [0.5, 0.6) is 0 Å². The normalized spacial score (nSPS) is 15.5. The quantitative estimate of drug-likeness (QED) is 0.0929. The molecule has 0 radical (unpaired) electrons. The van der Waals surface area contributed by atoms with E-state index in [0.717, 1.165) is 64.2 Å². The van der Waals surface area contributed by atoms with Crippen LogP contribution >= 0.6 is 0 Å². The van der Waals surface area contributed by atoms with Crippen LogP contribution in [0.15, 0.2) is 53.7 Å². The summed E-state index contributed by atoms with van der Waals surface area (Å²) in [4.78, 5) is 14.3. The van der Waals surface area contributed by atoms with Crippen LogP contribution in [-0.4, -0.2) is 18.5 Å². The Morgan fingerprint density at radius 3 is 2.45 bits per heavy atom. The van der Waals surface area contributed by atoms with Gasteiger partial charge in [0, 0.05) is 23.9 Å². The number of rotatable bonds is 17. The maximum absolute atomic E-state index is 11.5. The lowest BCUT2D eigenvalue weighted by Gasteiger charge is -2.00. The molecule has 0 heterocycles. The van der Waals surface area contributed by atoms with Gasteiger partial charge in [-0.2, -0.15) is 0 Å². The van der Waals surface area contributed by atoms with Crippen molar-refractivity contribution in [3.8, 4) is 0 Å². The first-order valence-corrected chi connectivity index (χ1v) is 11.2. The Hall–Kier alpha value is -2.26. The second-order valence-corrected chi connectivity index (χ2v) is 7.67. The van der Waals surface area contributed by atoms with E-state index in [-0.39, 0.29) is 5.91 Å². The Kier molecular flexibility index (Phi) is 15.2. The van der Waals surface area contributed by atoms with E-state index in [4.69, 9.17) is 5.53 Å². The van der Waals surface area contributed by atoms with Crippen LogP contribution < -0.4 is 5.32 Å². The van der Waals surface area contributed by atoms with E-state index in [2.05, 4.69) is 70.9 Å². The fourth-order valence-electron chi connectivity index (χ4n) is 2.81. The Balaban J connectivity index is 1.93. The molecule has 1 aliphatic rings. The van der Waals surface area contributed by atoms with Gasteiger partial charge in [-0.3, -0.25) is 4.79 Å². The van der Waals surface area contributed by atoms with Crippen LogP contribution in [0.25, 0.3) is 10.4 Å². The van der Waals surface area contributed by atoms with Crippen LogP contribution in [0, 0.1) is 5.92 Å². The number of nitrogens with one attached hydrogen (secondary N) is 1. The number of carbonyl (C=O) groups excluding carboxylic acids is 1. The zero-order valence-electron chi connectivity index (χ0n) is 18.0. The third kappa shape index (κ3) is 17.6. The first-order valence-electron chi connectivity index (χ1n) is 11.2. The molecule has 1 N–H and O–H groups in total. The summed E-state index contributed by atoms with van der Waals surface area (Å²) in [5.41, 5.74) is 8.20. The van der Waals surface area contributed by atoms with Crippen LogP contribution in [0.2, 0.25) is 0 Å². The van der Waals surface area contributed by atoms with Crippen LogP contribution in [0.1, 0.15) is 77.6 Å². The number of hydrogen-bond acceptors (Lipinski definition) is 2. The number of nitrogens with zero attached hydrogens (tertiary/aromatic N) is 3. The molecule has 1 rings (SSSR count). The molecular formula is C24H38N4O. The van der Waals surface area contributed by atoms with Gasteiger partial charge in [0.2, 0.25) is 5.91 Å². The molecule has 5 heteroatoms. The highest BCUT2D eigenvalue weighted by Crippen LogP contribution is 2.18. The smallest absolute Gasteiger partial charge is 0.220 e. The number of amides is 1. The summed E-state index contributed by atoms with van der Waals surface area (Å²) in [6, 6.07) is 0.476. The van der Waals surface area contributed by atoms with Gasteiger partial charge in [0.05, 0.1) is 0 Å². The van der Waals surface area contributed by atoms with E-state index in [1.54, 1.807) is 0 Å². The largest absolute Gasteiger partial charge is 0.353 e. The number of azide groups is 1. The molecule has 0 aromatic rings. The van der Waals surface area contributed by atoms with Gasteiger partial charge < -0.3 is 5.32 Å². The molecule has 5 nitrogen and oxygen atoms in total. The van der Waals surface area contributed by atoms with Gasteiger partial charge >= 0.3 is 0 Å². The number of unbranched alkanes of at least 4 members (excludes halogenated alkanes) is 4. The average molecular weight is 399 g/mol. The van der Waals surface area contributed by atoms with E-state index in [9.17, 15) is 4.79 Å². The van der Waals surface area contributed by atoms with Crippen molar-refractivity contribution >= 4 is 5.91 Å². The minimum absolute atomic E-state index is 0.207. The van der Waals surface area contributed by atoms with E-state index < -0.39 is 0 Å². The first kappa shape index (κ1) is 24.8. The predicted octanol–water partition coefficient (Wildman–Crippen LogP) is 6.95. The second-order valence-electron chi connectivity index (χ2n) is 7.67. The minimum atomic E-state index is 0.207. The highest BCUT2D eigenvalue weighted by Gasteiger charge is 2.22. The summed E-state index contributed by atoms with van der Waals surface area (Å²) in [6.07, 6.45) is 28.8. The molecule has 29 heavy (non-hydrogen) atoms. The molecule has 0 aromatic carbocycles. The summed E-state index contributed by atoms with van der Waals surface area (Å²) in [7, 11) is 0. The van der Waals surface area contributed by atoms with Gasteiger partial charge in [0.15, 0.2) is 0 Å². The standard InChI is InChI=1S/C24H38N4O/c1-22(17-13-9-7-11-15-21-26-28-25)16-12-8-5-3-2-4-6-10-14-18-24(29)27-23-19-20-23/h3-6,12-13,16-17,22-23H,2,7-11,14-15,18-21H2,1H3,(H,27,29)/b5-3-,6-4-,16-12-,17-13-/t22-/m1/s1. The number of allylic oxidation sites excluding steroid dienone is 8.